The minimum absolute atomic E-state index is 0.913. The summed E-state index contributed by atoms with van der Waals surface area (Å²) < 4.78 is 2.27. The molecular formula is C32H29N5S. The molecule has 5 nitrogen and oxygen atoms in total. The highest BCUT2D eigenvalue weighted by molar-refractivity contribution is 7.99. The van der Waals surface area contributed by atoms with E-state index in [1.807, 2.05) is 38.6 Å². The van der Waals surface area contributed by atoms with Crippen LogP contribution in [0.1, 0.15) is 0 Å². The molecule has 6 heteroatoms. The Kier molecular flexibility index (Phi) is 6.26. The van der Waals surface area contributed by atoms with Gasteiger partial charge in [0, 0.05) is 73.7 Å². The fourth-order valence-corrected chi connectivity index (χ4v) is 5.67. The molecule has 0 unspecified atom stereocenters. The fourth-order valence-electron chi connectivity index (χ4n) is 4.80. The van der Waals surface area contributed by atoms with Crippen molar-refractivity contribution in [2.24, 2.45) is 0 Å². The van der Waals surface area contributed by atoms with Crippen molar-refractivity contribution in [1.29, 1.82) is 0 Å². The third kappa shape index (κ3) is 4.48. The third-order valence-electron chi connectivity index (χ3n) is 6.77. The Morgan fingerprint density at radius 3 is 2.13 bits per heavy atom. The Morgan fingerprint density at radius 1 is 0.605 bits per heavy atom. The van der Waals surface area contributed by atoms with Gasteiger partial charge >= 0.3 is 0 Å². The molecule has 3 aromatic heterocycles. The first-order chi connectivity index (χ1) is 18.5. The van der Waals surface area contributed by atoms with E-state index in [9.17, 15) is 0 Å². The highest BCUT2D eigenvalue weighted by Crippen LogP contribution is 2.36. The van der Waals surface area contributed by atoms with Gasteiger partial charge in [-0.25, -0.2) is 9.97 Å². The summed E-state index contributed by atoms with van der Waals surface area (Å²) in [6, 6.07) is 32.3. The number of hydrogen-bond donors (Lipinski definition) is 0. The van der Waals surface area contributed by atoms with E-state index >= 15 is 0 Å². The highest BCUT2D eigenvalue weighted by atomic mass is 32.2. The first-order valence-corrected chi connectivity index (χ1v) is 13.4. The number of hydrogen-bond acceptors (Lipinski definition) is 5. The molecule has 0 fully saturated rings. The molecule has 0 bridgehead atoms. The molecule has 0 N–H and O–H groups in total. The van der Waals surface area contributed by atoms with Crippen LogP contribution in [0.3, 0.4) is 0 Å². The summed E-state index contributed by atoms with van der Waals surface area (Å²) >= 11 is 1.68. The summed E-state index contributed by atoms with van der Waals surface area (Å²) in [7, 11) is 8.21. The van der Waals surface area contributed by atoms with Gasteiger partial charge in [0.25, 0.3) is 0 Å². The second-order valence-electron chi connectivity index (χ2n) is 9.73. The van der Waals surface area contributed by atoms with Gasteiger partial charge in [-0.2, -0.15) is 0 Å². The van der Waals surface area contributed by atoms with Crippen LogP contribution in [0.2, 0.25) is 0 Å². The zero-order valence-corrected chi connectivity index (χ0v) is 22.8. The van der Waals surface area contributed by atoms with E-state index < -0.39 is 0 Å². The molecule has 6 rings (SSSR count). The maximum Gasteiger partial charge on any atom is 0.139 e. The average Bonchev–Trinajstić information content (AvgIpc) is 3.27. The number of aromatic nitrogens is 3. The predicted molar refractivity (Wildman–Crippen MR) is 161 cm³/mol. The number of para-hydroxylation sites is 1. The monoisotopic (exact) mass is 515 g/mol. The van der Waals surface area contributed by atoms with Gasteiger partial charge in [-0.3, -0.25) is 4.57 Å². The zero-order chi connectivity index (χ0) is 26.2. The van der Waals surface area contributed by atoms with Crippen molar-refractivity contribution in [3.8, 4) is 16.9 Å². The maximum absolute atomic E-state index is 4.77. The Bertz CT molecular complexity index is 1770. The van der Waals surface area contributed by atoms with Crippen LogP contribution in [0.15, 0.2) is 113 Å². The molecule has 0 spiro atoms. The van der Waals surface area contributed by atoms with Crippen LogP contribution in [0.25, 0.3) is 38.8 Å². The normalized spacial score (nSPS) is 11.3. The molecule has 38 heavy (non-hydrogen) atoms. The van der Waals surface area contributed by atoms with E-state index in [0.717, 1.165) is 38.1 Å². The molecule has 3 heterocycles. The molecular weight excluding hydrogens is 486 g/mol. The summed E-state index contributed by atoms with van der Waals surface area (Å²) in [6.07, 6.45) is 3.75. The lowest BCUT2D eigenvalue weighted by Crippen LogP contribution is -2.09. The number of rotatable bonds is 6. The minimum Gasteiger partial charge on any atom is -0.378 e. The average molecular weight is 516 g/mol. The van der Waals surface area contributed by atoms with E-state index in [2.05, 4.69) is 112 Å². The van der Waals surface area contributed by atoms with Gasteiger partial charge in [0.1, 0.15) is 10.8 Å². The quantitative estimate of drug-likeness (QED) is 0.229. The van der Waals surface area contributed by atoms with E-state index in [4.69, 9.17) is 4.98 Å². The summed E-state index contributed by atoms with van der Waals surface area (Å²) in [6.45, 7) is 0. The van der Waals surface area contributed by atoms with Crippen LogP contribution >= 0.6 is 11.8 Å². The lowest BCUT2D eigenvalue weighted by atomic mass is 10.0. The Hall–Kier alpha value is -4.29. The maximum atomic E-state index is 4.77. The summed E-state index contributed by atoms with van der Waals surface area (Å²) in [5.74, 6) is 0.913. The van der Waals surface area contributed by atoms with Crippen LogP contribution in [0.5, 0.6) is 0 Å². The van der Waals surface area contributed by atoms with Crippen molar-refractivity contribution < 1.29 is 0 Å². The van der Waals surface area contributed by atoms with E-state index in [1.165, 1.54) is 21.9 Å². The fraction of sp³-hybridized carbons (Fsp3) is 0.125. The standard InChI is InChI=1S/C32H29N5S/c1-35(2)24-14-16-33-31(20-24)37-29-11-6-5-10-27(29)28-13-12-23(19-30(28)37)22-8-7-9-26(18-22)38-32-21-25(36(3)4)15-17-34-32/h5-21H,1-4H3. The third-order valence-corrected chi connectivity index (χ3v) is 7.69. The molecule has 188 valence electrons. The highest BCUT2D eigenvalue weighted by Gasteiger charge is 2.15. The topological polar surface area (TPSA) is 37.2 Å². The van der Waals surface area contributed by atoms with Crippen molar-refractivity contribution in [3.63, 3.8) is 0 Å². The molecule has 0 radical (unpaired) electrons. The molecule has 0 saturated carbocycles. The van der Waals surface area contributed by atoms with Gasteiger partial charge in [0.15, 0.2) is 0 Å². The molecule has 0 aliphatic heterocycles. The minimum atomic E-state index is 0.913. The Balaban J connectivity index is 1.45. The van der Waals surface area contributed by atoms with E-state index in [-0.39, 0.29) is 0 Å². The number of pyridine rings is 2. The Labute approximate surface area is 227 Å². The Morgan fingerprint density at radius 2 is 1.32 bits per heavy atom. The lowest BCUT2D eigenvalue weighted by molar-refractivity contribution is 1.05. The molecule has 0 saturated heterocycles. The lowest BCUT2D eigenvalue weighted by Gasteiger charge is -2.14. The molecule has 0 aliphatic carbocycles. The number of nitrogens with zero attached hydrogens (tertiary/aromatic N) is 5. The van der Waals surface area contributed by atoms with Gasteiger partial charge in [-0.1, -0.05) is 54.2 Å². The number of benzene rings is 3. The summed E-state index contributed by atoms with van der Waals surface area (Å²) in [4.78, 5) is 14.7. The number of anilines is 2. The van der Waals surface area contributed by atoms with Crippen molar-refractivity contribution >= 4 is 44.9 Å². The van der Waals surface area contributed by atoms with Gasteiger partial charge in [-0.15, -0.1) is 0 Å². The van der Waals surface area contributed by atoms with Crippen LogP contribution in [0, 0.1) is 0 Å². The largest absolute Gasteiger partial charge is 0.378 e. The predicted octanol–water partition coefficient (Wildman–Crippen LogP) is 7.52. The van der Waals surface area contributed by atoms with Crippen LogP contribution in [-0.4, -0.2) is 42.7 Å². The molecule has 0 aliphatic rings. The molecule has 0 atom stereocenters. The van der Waals surface area contributed by atoms with E-state index in [0.29, 0.717) is 0 Å². The second-order valence-corrected chi connectivity index (χ2v) is 10.8. The molecule has 3 aromatic carbocycles. The van der Waals surface area contributed by atoms with Crippen LogP contribution in [-0.2, 0) is 0 Å². The number of fused-ring (bicyclic) bond motifs is 3. The summed E-state index contributed by atoms with van der Waals surface area (Å²) in [5.41, 5.74) is 6.90. The van der Waals surface area contributed by atoms with Gasteiger partial charge in [0.2, 0.25) is 0 Å². The zero-order valence-electron chi connectivity index (χ0n) is 22.0. The van der Waals surface area contributed by atoms with E-state index in [1.54, 1.807) is 11.8 Å². The van der Waals surface area contributed by atoms with Crippen molar-refractivity contribution in [1.82, 2.24) is 14.5 Å². The molecule has 0 amide bonds. The van der Waals surface area contributed by atoms with Crippen molar-refractivity contribution in [2.45, 2.75) is 9.92 Å². The smallest absolute Gasteiger partial charge is 0.139 e. The van der Waals surface area contributed by atoms with Gasteiger partial charge < -0.3 is 9.80 Å². The van der Waals surface area contributed by atoms with Crippen molar-refractivity contribution in [3.05, 3.63) is 103 Å². The van der Waals surface area contributed by atoms with Gasteiger partial charge in [0.05, 0.1) is 11.0 Å². The van der Waals surface area contributed by atoms with Crippen LogP contribution < -0.4 is 9.80 Å². The summed E-state index contributed by atoms with van der Waals surface area (Å²) in [5, 5.41) is 3.43. The van der Waals surface area contributed by atoms with Crippen LogP contribution in [0.4, 0.5) is 11.4 Å². The van der Waals surface area contributed by atoms with Gasteiger partial charge in [-0.05, 0) is 53.6 Å². The molecule has 6 aromatic rings. The SMILES string of the molecule is CN(C)c1ccnc(Sc2cccc(-c3ccc4c5ccccc5n(-c5cc(N(C)C)ccn5)c4c3)c2)c1. The van der Waals surface area contributed by atoms with Crippen molar-refractivity contribution in [2.75, 3.05) is 38.0 Å². The first-order valence-electron chi connectivity index (χ1n) is 12.6. The first kappa shape index (κ1) is 24.1. The second kappa shape index (κ2) is 9.88.